The number of rotatable bonds is 7. The number of nitrogens with zero attached hydrogens (tertiary/aromatic N) is 4. The number of amides is 2. The predicted molar refractivity (Wildman–Crippen MR) is 144 cm³/mol. The van der Waals surface area contributed by atoms with Crippen molar-refractivity contribution in [2.45, 2.75) is 102 Å². The molecule has 3 heterocycles. The number of aryl methyl sites for hydroxylation is 1. The summed E-state index contributed by atoms with van der Waals surface area (Å²) in [6, 6.07) is -0.192. The van der Waals surface area contributed by atoms with Crippen molar-refractivity contribution in [1.82, 2.24) is 19.6 Å². The molecule has 11 heteroatoms. The van der Waals surface area contributed by atoms with Gasteiger partial charge < -0.3 is 19.1 Å². The van der Waals surface area contributed by atoms with E-state index in [4.69, 9.17) is 14.2 Å². The Morgan fingerprint density at radius 2 is 1.84 bits per heavy atom. The molecular formula is C27H42N4O6S. The molecule has 1 saturated carbocycles. The predicted octanol–water partition coefficient (Wildman–Crippen LogP) is 4.01. The third-order valence-electron chi connectivity index (χ3n) is 7.38. The average Bonchev–Trinajstić information content (AvgIpc) is 3.29. The van der Waals surface area contributed by atoms with Crippen molar-refractivity contribution in [3.05, 3.63) is 17.0 Å². The summed E-state index contributed by atoms with van der Waals surface area (Å²) in [7, 11) is 1.70. The molecule has 1 aromatic heterocycles. The first-order valence-corrected chi connectivity index (χ1v) is 14.2. The molecule has 38 heavy (non-hydrogen) atoms. The van der Waals surface area contributed by atoms with Crippen LogP contribution in [0.4, 0.5) is 4.79 Å². The van der Waals surface area contributed by atoms with Crippen molar-refractivity contribution < 1.29 is 28.6 Å². The van der Waals surface area contributed by atoms with Gasteiger partial charge in [-0.2, -0.15) is 5.10 Å². The number of carbonyl (C=O) groups is 3. The normalized spacial score (nSPS) is 22.3. The monoisotopic (exact) mass is 550 g/mol. The summed E-state index contributed by atoms with van der Waals surface area (Å²) in [5.41, 5.74) is -0.0246. The van der Waals surface area contributed by atoms with Crippen molar-refractivity contribution in [2.24, 2.45) is 7.05 Å². The molecule has 1 atom stereocenters. The second kappa shape index (κ2) is 9.73. The fraction of sp³-hybridized carbons (Fsp3) is 0.778. The number of esters is 1. The lowest BCUT2D eigenvalue weighted by atomic mass is 10.0. The Hall–Kier alpha value is -2.27. The summed E-state index contributed by atoms with van der Waals surface area (Å²) in [6.07, 6.45) is 2.15. The quantitative estimate of drug-likeness (QED) is 0.469. The number of aromatic nitrogens is 2. The number of thioether (sulfide) groups is 1. The Bertz CT molecular complexity index is 1120. The molecule has 2 fully saturated rings. The summed E-state index contributed by atoms with van der Waals surface area (Å²) >= 11 is 1.83. The zero-order chi connectivity index (χ0) is 28.3. The lowest BCUT2D eigenvalue weighted by molar-refractivity contribution is -0.0633. The molecule has 1 saturated heterocycles. The van der Waals surface area contributed by atoms with Gasteiger partial charge in [-0.3, -0.25) is 14.4 Å². The van der Waals surface area contributed by atoms with Crippen LogP contribution >= 0.6 is 11.8 Å². The fourth-order valence-electron chi connectivity index (χ4n) is 5.46. The molecule has 0 radical (unpaired) electrons. The Balaban J connectivity index is 1.49. The van der Waals surface area contributed by atoms with E-state index >= 15 is 0 Å². The van der Waals surface area contributed by atoms with E-state index in [1.807, 2.05) is 51.3 Å². The third-order valence-corrected chi connectivity index (χ3v) is 9.15. The van der Waals surface area contributed by atoms with E-state index in [0.717, 1.165) is 12.8 Å². The number of hydrogen-bond acceptors (Lipinski definition) is 8. The fourth-order valence-corrected chi connectivity index (χ4v) is 7.41. The van der Waals surface area contributed by atoms with Gasteiger partial charge >= 0.3 is 12.1 Å². The molecule has 1 aromatic rings. The lowest BCUT2D eigenvalue weighted by Gasteiger charge is -2.43. The van der Waals surface area contributed by atoms with Crippen LogP contribution in [0.15, 0.2) is 0 Å². The summed E-state index contributed by atoms with van der Waals surface area (Å²) in [6.45, 7) is 17.2. The number of ether oxygens (including phenoxy) is 3. The highest BCUT2D eigenvalue weighted by atomic mass is 32.2. The van der Waals surface area contributed by atoms with E-state index in [9.17, 15) is 14.4 Å². The highest BCUT2D eigenvalue weighted by Crippen LogP contribution is 2.56. The van der Waals surface area contributed by atoms with Crippen molar-refractivity contribution in [1.29, 1.82) is 0 Å². The molecule has 2 aliphatic heterocycles. The largest absolute Gasteiger partial charge is 0.461 e. The molecular weight excluding hydrogens is 508 g/mol. The summed E-state index contributed by atoms with van der Waals surface area (Å²) in [5.74, 6) is -0.597. The lowest BCUT2D eigenvalue weighted by Crippen LogP contribution is -2.56. The standard InChI is InChI=1S/C27H42N4O6S/c1-10-35-22(33)19-17-11-14-30(21(32)20(17)29(9)28-19)16-27(12-13-27)38-25(5,6)18-15-36-26(7,8)31(18)23(34)37-24(2,3)4/h18H,10-16H2,1-9H3/t18-/m1/s1. The second-order valence-corrected chi connectivity index (χ2v) is 14.6. The highest BCUT2D eigenvalue weighted by molar-refractivity contribution is 8.02. The first-order valence-electron chi connectivity index (χ1n) is 13.4. The van der Waals surface area contributed by atoms with Gasteiger partial charge in [0, 0.05) is 35.2 Å². The first-order chi connectivity index (χ1) is 17.5. The molecule has 0 aromatic carbocycles. The summed E-state index contributed by atoms with van der Waals surface area (Å²) in [4.78, 5) is 42.8. The van der Waals surface area contributed by atoms with Crippen LogP contribution in [0.5, 0.6) is 0 Å². The van der Waals surface area contributed by atoms with Crippen molar-refractivity contribution in [3.8, 4) is 0 Å². The zero-order valence-corrected chi connectivity index (χ0v) is 25.0. The molecule has 10 nitrogen and oxygen atoms in total. The Kier molecular flexibility index (Phi) is 7.36. The summed E-state index contributed by atoms with van der Waals surface area (Å²) < 4.78 is 18.0. The maximum atomic E-state index is 13.5. The molecule has 3 aliphatic rings. The minimum absolute atomic E-state index is 0.106. The van der Waals surface area contributed by atoms with Gasteiger partial charge in [0.25, 0.3) is 5.91 Å². The Morgan fingerprint density at radius 3 is 2.42 bits per heavy atom. The Labute approximate surface area is 229 Å². The van der Waals surface area contributed by atoms with E-state index in [1.54, 1.807) is 18.9 Å². The van der Waals surface area contributed by atoms with Gasteiger partial charge in [-0.15, -0.1) is 11.8 Å². The van der Waals surface area contributed by atoms with Crippen LogP contribution in [-0.4, -0.2) is 90.7 Å². The number of carbonyl (C=O) groups excluding carboxylic acids is 3. The van der Waals surface area contributed by atoms with Crippen LogP contribution in [0, 0.1) is 0 Å². The molecule has 0 unspecified atom stereocenters. The van der Waals surface area contributed by atoms with Crippen molar-refractivity contribution in [2.75, 3.05) is 26.3 Å². The molecule has 4 rings (SSSR count). The number of fused-ring (bicyclic) bond motifs is 1. The molecule has 212 valence electrons. The Morgan fingerprint density at radius 1 is 1.18 bits per heavy atom. The van der Waals surface area contributed by atoms with E-state index in [0.29, 0.717) is 37.4 Å². The van der Waals surface area contributed by atoms with Gasteiger partial charge in [-0.05, 0) is 74.7 Å². The van der Waals surface area contributed by atoms with Crippen molar-refractivity contribution >= 4 is 29.7 Å². The molecule has 2 amide bonds. The van der Waals surface area contributed by atoms with Gasteiger partial charge in [0.15, 0.2) is 5.69 Å². The molecule has 0 bridgehead atoms. The minimum atomic E-state index is -0.781. The van der Waals surface area contributed by atoms with Gasteiger partial charge in [-0.25, -0.2) is 9.59 Å². The van der Waals surface area contributed by atoms with Gasteiger partial charge in [0.2, 0.25) is 0 Å². The number of hydrogen-bond donors (Lipinski definition) is 0. The van der Waals surface area contributed by atoms with Crippen LogP contribution in [0.2, 0.25) is 0 Å². The highest BCUT2D eigenvalue weighted by Gasteiger charge is 2.56. The SMILES string of the molecule is CCOC(=O)c1nn(C)c2c1CCN(CC1(SC(C)(C)[C@H]3COC(C)(C)N3C(=O)OC(C)(C)C)CC1)C2=O. The van der Waals surface area contributed by atoms with Crippen LogP contribution < -0.4 is 0 Å². The van der Waals surface area contributed by atoms with Gasteiger partial charge in [0.05, 0.1) is 19.3 Å². The van der Waals surface area contributed by atoms with Crippen molar-refractivity contribution in [3.63, 3.8) is 0 Å². The second-order valence-electron chi connectivity index (χ2n) is 12.5. The summed E-state index contributed by atoms with van der Waals surface area (Å²) in [5, 5.41) is 4.31. The molecule has 1 aliphatic carbocycles. The van der Waals surface area contributed by atoms with Crippen LogP contribution in [-0.2, 0) is 27.7 Å². The average molecular weight is 551 g/mol. The first kappa shape index (κ1) is 28.7. The topological polar surface area (TPSA) is 103 Å². The van der Waals surface area contributed by atoms with E-state index in [1.165, 1.54) is 4.68 Å². The van der Waals surface area contributed by atoms with Crippen LogP contribution in [0.1, 0.15) is 94.8 Å². The smallest absolute Gasteiger partial charge is 0.412 e. The minimum Gasteiger partial charge on any atom is -0.461 e. The zero-order valence-electron chi connectivity index (χ0n) is 24.2. The maximum Gasteiger partial charge on any atom is 0.412 e. The van der Waals surface area contributed by atoms with E-state index in [-0.39, 0.29) is 39.8 Å². The van der Waals surface area contributed by atoms with E-state index in [2.05, 4.69) is 18.9 Å². The van der Waals surface area contributed by atoms with Crippen LogP contribution in [0.25, 0.3) is 0 Å². The maximum absolute atomic E-state index is 13.5. The third kappa shape index (κ3) is 5.54. The molecule has 0 N–H and O–H groups in total. The van der Waals surface area contributed by atoms with Gasteiger partial charge in [0.1, 0.15) is 17.0 Å². The van der Waals surface area contributed by atoms with E-state index < -0.39 is 17.3 Å². The van der Waals surface area contributed by atoms with Crippen LogP contribution in [0.3, 0.4) is 0 Å². The van der Waals surface area contributed by atoms with Gasteiger partial charge in [-0.1, -0.05) is 0 Å². The molecule has 0 spiro atoms.